The van der Waals surface area contributed by atoms with Gasteiger partial charge in [-0.25, -0.2) is 9.97 Å². The normalized spacial score (nSPS) is 11.1. The maximum atomic E-state index is 4.63. The van der Waals surface area contributed by atoms with Crippen molar-refractivity contribution in [1.29, 1.82) is 0 Å². The fourth-order valence-electron chi connectivity index (χ4n) is 2.41. The van der Waals surface area contributed by atoms with E-state index in [0.717, 1.165) is 39.0 Å². The zero-order valence-corrected chi connectivity index (χ0v) is 13.2. The van der Waals surface area contributed by atoms with Gasteiger partial charge < -0.3 is 9.55 Å². The van der Waals surface area contributed by atoms with Crippen molar-refractivity contribution >= 4 is 27.0 Å². The molecule has 0 amide bonds. The van der Waals surface area contributed by atoms with Crippen molar-refractivity contribution in [1.82, 2.24) is 24.5 Å². The number of aromatic nitrogens is 5. The van der Waals surface area contributed by atoms with E-state index in [-0.39, 0.29) is 0 Å². The average Bonchev–Trinajstić information content (AvgIpc) is 3.16. The second-order valence-corrected chi connectivity index (χ2v) is 5.98. The van der Waals surface area contributed by atoms with Crippen LogP contribution < -0.4 is 0 Å². The number of halogens is 1. The molecule has 1 N–H and O–H groups in total. The van der Waals surface area contributed by atoms with Gasteiger partial charge in [0.15, 0.2) is 0 Å². The molecule has 108 valence electrons. The molecule has 0 aliphatic heterocycles. The Morgan fingerprint density at radius 1 is 1.14 bits per heavy atom. The number of nitrogens with zero attached hydrogens (tertiary/aromatic N) is 4. The van der Waals surface area contributed by atoms with Crippen molar-refractivity contribution < 1.29 is 0 Å². The second kappa shape index (κ2) is 5.38. The second-order valence-electron chi connectivity index (χ2n) is 5.06. The zero-order valence-electron chi connectivity index (χ0n) is 11.6. The third-order valence-electron chi connectivity index (χ3n) is 3.44. The van der Waals surface area contributed by atoms with Crippen molar-refractivity contribution in [2.24, 2.45) is 0 Å². The van der Waals surface area contributed by atoms with Crippen molar-refractivity contribution in [3.8, 4) is 11.4 Å². The molecule has 0 aliphatic carbocycles. The Bertz CT molecular complexity index is 927. The zero-order chi connectivity index (χ0) is 14.9. The van der Waals surface area contributed by atoms with Gasteiger partial charge in [0.05, 0.1) is 23.9 Å². The highest BCUT2D eigenvalue weighted by molar-refractivity contribution is 9.10. The summed E-state index contributed by atoms with van der Waals surface area (Å²) in [5.74, 6) is 0.827. The van der Waals surface area contributed by atoms with E-state index in [1.165, 1.54) is 0 Å². The number of H-pyrrole nitrogens is 1. The summed E-state index contributed by atoms with van der Waals surface area (Å²) >= 11 is 3.47. The summed E-state index contributed by atoms with van der Waals surface area (Å²) in [6.45, 7) is 0.743. The highest BCUT2D eigenvalue weighted by Gasteiger charge is 2.07. The van der Waals surface area contributed by atoms with Crippen LogP contribution in [0.4, 0.5) is 0 Å². The summed E-state index contributed by atoms with van der Waals surface area (Å²) in [4.78, 5) is 16.3. The van der Waals surface area contributed by atoms with Crippen LogP contribution >= 0.6 is 15.9 Å². The first kappa shape index (κ1) is 13.2. The van der Waals surface area contributed by atoms with Crippen LogP contribution in [-0.2, 0) is 6.54 Å². The molecule has 0 saturated carbocycles. The summed E-state index contributed by atoms with van der Waals surface area (Å²) in [6, 6.07) is 8.09. The molecule has 1 aromatic carbocycles. The van der Waals surface area contributed by atoms with E-state index in [1.54, 1.807) is 12.5 Å². The molecule has 0 atom stereocenters. The van der Waals surface area contributed by atoms with Gasteiger partial charge in [0.2, 0.25) is 0 Å². The number of hydrogen-bond donors (Lipinski definition) is 1. The van der Waals surface area contributed by atoms with Crippen LogP contribution in [0.1, 0.15) is 5.56 Å². The number of rotatable bonds is 3. The summed E-state index contributed by atoms with van der Waals surface area (Å²) in [7, 11) is 0. The first-order valence-corrected chi connectivity index (χ1v) is 7.62. The largest absolute Gasteiger partial charge is 0.338 e. The predicted molar refractivity (Wildman–Crippen MR) is 88.4 cm³/mol. The monoisotopic (exact) mass is 353 g/mol. The van der Waals surface area contributed by atoms with Gasteiger partial charge in [0, 0.05) is 34.8 Å². The molecule has 6 heteroatoms. The van der Waals surface area contributed by atoms with Gasteiger partial charge in [-0.2, -0.15) is 0 Å². The molecule has 0 unspecified atom stereocenters. The SMILES string of the molecule is Brc1ccc2nc(-c3cncc(Cn4ccnc4)c3)[nH]c2c1. The molecule has 0 aliphatic rings. The van der Waals surface area contributed by atoms with Crippen molar-refractivity contribution in [2.75, 3.05) is 0 Å². The highest BCUT2D eigenvalue weighted by atomic mass is 79.9. The first-order valence-electron chi connectivity index (χ1n) is 6.83. The molecule has 0 fully saturated rings. The molecule has 4 rings (SSSR count). The van der Waals surface area contributed by atoms with Gasteiger partial charge >= 0.3 is 0 Å². The van der Waals surface area contributed by atoms with Crippen LogP contribution in [-0.4, -0.2) is 24.5 Å². The molecule has 0 bridgehead atoms. The van der Waals surface area contributed by atoms with E-state index in [0.29, 0.717) is 0 Å². The Morgan fingerprint density at radius 3 is 2.95 bits per heavy atom. The molecule has 3 aromatic heterocycles. The van der Waals surface area contributed by atoms with Crippen LogP contribution in [0.2, 0.25) is 0 Å². The minimum absolute atomic E-state index is 0.743. The number of fused-ring (bicyclic) bond motifs is 1. The molecule has 22 heavy (non-hydrogen) atoms. The number of nitrogens with one attached hydrogen (secondary N) is 1. The molecule has 3 heterocycles. The van der Waals surface area contributed by atoms with Crippen LogP contribution in [0.15, 0.2) is 59.9 Å². The van der Waals surface area contributed by atoms with Gasteiger partial charge in [0.1, 0.15) is 5.82 Å². The number of aromatic amines is 1. The summed E-state index contributed by atoms with van der Waals surface area (Å²) in [5.41, 5.74) is 4.03. The van der Waals surface area contributed by atoms with Crippen LogP contribution in [0.25, 0.3) is 22.4 Å². The molecule has 5 nitrogen and oxygen atoms in total. The maximum Gasteiger partial charge on any atom is 0.140 e. The topological polar surface area (TPSA) is 59.4 Å². The Morgan fingerprint density at radius 2 is 2.09 bits per heavy atom. The van der Waals surface area contributed by atoms with E-state index in [2.05, 4.69) is 41.9 Å². The summed E-state index contributed by atoms with van der Waals surface area (Å²) in [5, 5.41) is 0. The minimum atomic E-state index is 0.743. The lowest BCUT2D eigenvalue weighted by Gasteiger charge is -2.03. The molecule has 0 radical (unpaired) electrons. The van der Waals surface area contributed by atoms with E-state index in [1.807, 2.05) is 41.4 Å². The Kier molecular flexibility index (Phi) is 3.23. The summed E-state index contributed by atoms with van der Waals surface area (Å²) < 4.78 is 3.04. The summed E-state index contributed by atoms with van der Waals surface area (Å²) in [6.07, 6.45) is 9.19. The van der Waals surface area contributed by atoms with Crippen LogP contribution in [0.3, 0.4) is 0 Å². The van der Waals surface area contributed by atoms with E-state index in [9.17, 15) is 0 Å². The number of pyridine rings is 1. The van der Waals surface area contributed by atoms with Gasteiger partial charge in [0.25, 0.3) is 0 Å². The van der Waals surface area contributed by atoms with Crippen LogP contribution in [0.5, 0.6) is 0 Å². The van der Waals surface area contributed by atoms with E-state index in [4.69, 9.17) is 0 Å². The quantitative estimate of drug-likeness (QED) is 0.611. The standard InChI is InChI=1S/C16H12BrN5/c17-13-1-2-14-15(6-13)21-16(20-14)12-5-11(7-19-8-12)9-22-4-3-18-10-22/h1-8,10H,9H2,(H,20,21). The maximum absolute atomic E-state index is 4.63. The lowest BCUT2D eigenvalue weighted by atomic mass is 10.2. The van der Waals surface area contributed by atoms with E-state index >= 15 is 0 Å². The number of hydrogen-bond acceptors (Lipinski definition) is 3. The third kappa shape index (κ3) is 2.53. The lowest BCUT2D eigenvalue weighted by Crippen LogP contribution is -1.97. The fraction of sp³-hybridized carbons (Fsp3) is 0.0625. The number of benzene rings is 1. The van der Waals surface area contributed by atoms with Crippen molar-refractivity contribution in [3.63, 3.8) is 0 Å². The minimum Gasteiger partial charge on any atom is -0.338 e. The molecular formula is C16H12BrN5. The first-order chi connectivity index (χ1) is 10.8. The highest BCUT2D eigenvalue weighted by Crippen LogP contribution is 2.23. The van der Waals surface area contributed by atoms with Crippen molar-refractivity contribution in [3.05, 3.63) is 65.4 Å². The Labute approximate surface area is 135 Å². The van der Waals surface area contributed by atoms with Gasteiger partial charge in [-0.05, 0) is 29.8 Å². The molecule has 4 aromatic rings. The van der Waals surface area contributed by atoms with Gasteiger partial charge in [-0.1, -0.05) is 15.9 Å². The smallest absolute Gasteiger partial charge is 0.140 e. The van der Waals surface area contributed by atoms with Crippen LogP contribution in [0, 0.1) is 0 Å². The Hall–Kier alpha value is -2.47. The average molecular weight is 354 g/mol. The molecule has 0 spiro atoms. The number of imidazole rings is 2. The van der Waals surface area contributed by atoms with Gasteiger partial charge in [-0.15, -0.1) is 0 Å². The predicted octanol–water partition coefficient (Wildman–Crippen LogP) is 3.63. The van der Waals surface area contributed by atoms with Gasteiger partial charge in [-0.3, -0.25) is 4.98 Å². The van der Waals surface area contributed by atoms with Crippen molar-refractivity contribution in [2.45, 2.75) is 6.54 Å². The molecule has 0 saturated heterocycles. The lowest BCUT2D eigenvalue weighted by molar-refractivity contribution is 0.793. The molecular weight excluding hydrogens is 342 g/mol. The van der Waals surface area contributed by atoms with E-state index < -0.39 is 0 Å². The Balaban J connectivity index is 1.71. The third-order valence-corrected chi connectivity index (χ3v) is 3.93. The fourth-order valence-corrected chi connectivity index (χ4v) is 2.77.